The molecule has 2 heterocycles. The lowest BCUT2D eigenvalue weighted by molar-refractivity contribution is 0.414. The van der Waals surface area contributed by atoms with Crippen LogP contribution in [0.3, 0.4) is 0 Å². The summed E-state index contributed by atoms with van der Waals surface area (Å²) in [6, 6.07) is 2.81. The minimum Gasteiger partial charge on any atom is -0.355 e. The number of aryl methyl sites for hydroxylation is 1. The second kappa shape index (κ2) is 5.34. The highest BCUT2D eigenvalue weighted by molar-refractivity contribution is 5.37. The molecule has 2 rings (SSSR count). The van der Waals surface area contributed by atoms with Gasteiger partial charge in [-0.05, 0) is 25.8 Å². The molecule has 0 atom stereocenters. The van der Waals surface area contributed by atoms with Crippen molar-refractivity contribution in [2.75, 3.05) is 24.5 Å². The molecule has 0 spiro atoms. The van der Waals surface area contributed by atoms with E-state index in [-0.39, 0.29) is 0 Å². The number of hydrogen-bond donors (Lipinski definition) is 1. The third-order valence-corrected chi connectivity index (χ3v) is 3.20. The number of nitrogens with zero attached hydrogens (tertiary/aromatic N) is 3. The van der Waals surface area contributed by atoms with E-state index < -0.39 is 0 Å². The fourth-order valence-corrected chi connectivity index (χ4v) is 2.23. The van der Waals surface area contributed by atoms with Gasteiger partial charge in [0.2, 0.25) is 0 Å². The molecule has 1 N–H and O–H groups in total. The molecule has 0 saturated carbocycles. The smallest absolute Gasteiger partial charge is 0.150 e. The molecular formula is C12H22N4. The molecule has 0 bridgehead atoms. The van der Waals surface area contributed by atoms with Crippen molar-refractivity contribution in [1.82, 2.24) is 15.1 Å². The lowest BCUT2D eigenvalue weighted by Gasteiger charge is -2.32. The Balaban J connectivity index is 1.81. The van der Waals surface area contributed by atoms with E-state index in [1.165, 1.54) is 19.3 Å². The molecule has 1 fully saturated rings. The average Bonchev–Trinajstić information content (AvgIpc) is 2.74. The summed E-state index contributed by atoms with van der Waals surface area (Å²) in [5, 5.41) is 8.04. The standard InChI is InChI=1S/C12H22N4/c1-3-7-13-11-4-9-16(10-5-11)12-6-8-15(2)14-12/h6,8,11,13H,3-5,7,9-10H2,1-2H3. The molecule has 4 nitrogen and oxygen atoms in total. The molecule has 1 aromatic rings. The predicted octanol–water partition coefficient (Wildman–Crippen LogP) is 1.39. The van der Waals surface area contributed by atoms with Gasteiger partial charge in [-0.3, -0.25) is 4.68 Å². The van der Waals surface area contributed by atoms with Crippen LogP contribution in [0.25, 0.3) is 0 Å². The first kappa shape index (κ1) is 11.5. The third-order valence-electron chi connectivity index (χ3n) is 3.20. The molecule has 1 saturated heterocycles. The molecule has 0 amide bonds. The van der Waals surface area contributed by atoms with Crippen LogP contribution < -0.4 is 10.2 Å². The zero-order chi connectivity index (χ0) is 11.4. The minimum absolute atomic E-state index is 0.708. The van der Waals surface area contributed by atoms with Crippen molar-refractivity contribution < 1.29 is 0 Å². The van der Waals surface area contributed by atoms with Crippen LogP contribution in [-0.2, 0) is 7.05 Å². The van der Waals surface area contributed by atoms with Crippen molar-refractivity contribution in [2.45, 2.75) is 32.2 Å². The van der Waals surface area contributed by atoms with E-state index in [0.717, 1.165) is 25.5 Å². The molecule has 0 radical (unpaired) electrons. The number of hydrogen-bond acceptors (Lipinski definition) is 3. The highest BCUT2D eigenvalue weighted by Gasteiger charge is 2.19. The Hall–Kier alpha value is -1.03. The lowest BCUT2D eigenvalue weighted by Crippen LogP contribution is -2.42. The average molecular weight is 222 g/mol. The van der Waals surface area contributed by atoms with E-state index in [2.05, 4.69) is 28.3 Å². The summed E-state index contributed by atoms with van der Waals surface area (Å²) in [6.45, 7) is 5.61. The maximum atomic E-state index is 4.44. The fourth-order valence-electron chi connectivity index (χ4n) is 2.23. The van der Waals surface area contributed by atoms with E-state index in [1.54, 1.807) is 0 Å². The molecule has 0 unspecified atom stereocenters. The largest absolute Gasteiger partial charge is 0.355 e. The van der Waals surface area contributed by atoms with Gasteiger partial charge < -0.3 is 10.2 Å². The summed E-state index contributed by atoms with van der Waals surface area (Å²) < 4.78 is 1.87. The summed E-state index contributed by atoms with van der Waals surface area (Å²) >= 11 is 0. The number of piperidine rings is 1. The first-order chi connectivity index (χ1) is 7.79. The molecule has 1 aromatic heterocycles. The Morgan fingerprint density at radius 3 is 2.75 bits per heavy atom. The Morgan fingerprint density at radius 2 is 2.19 bits per heavy atom. The highest BCUT2D eigenvalue weighted by Crippen LogP contribution is 2.17. The Bertz CT molecular complexity index is 313. The van der Waals surface area contributed by atoms with Gasteiger partial charge in [-0.2, -0.15) is 5.10 Å². The van der Waals surface area contributed by atoms with Crippen molar-refractivity contribution in [3.05, 3.63) is 12.3 Å². The Morgan fingerprint density at radius 1 is 1.44 bits per heavy atom. The molecule has 16 heavy (non-hydrogen) atoms. The van der Waals surface area contributed by atoms with E-state index >= 15 is 0 Å². The van der Waals surface area contributed by atoms with Gasteiger partial charge in [0.25, 0.3) is 0 Å². The first-order valence-electron chi connectivity index (χ1n) is 6.27. The van der Waals surface area contributed by atoms with Crippen LogP contribution in [0, 0.1) is 0 Å². The van der Waals surface area contributed by atoms with Crippen molar-refractivity contribution in [3.8, 4) is 0 Å². The quantitative estimate of drug-likeness (QED) is 0.835. The normalized spacial score (nSPS) is 18.0. The molecule has 90 valence electrons. The summed E-state index contributed by atoms with van der Waals surface area (Å²) in [5.74, 6) is 1.12. The maximum absolute atomic E-state index is 4.44. The zero-order valence-electron chi connectivity index (χ0n) is 10.3. The van der Waals surface area contributed by atoms with Gasteiger partial charge in [0.1, 0.15) is 0 Å². The zero-order valence-corrected chi connectivity index (χ0v) is 10.3. The van der Waals surface area contributed by atoms with Gasteiger partial charge in [0.05, 0.1) is 0 Å². The second-order valence-electron chi connectivity index (χ2n) is 4.56. The summed E-state index contributed by atoms with van der Waals surface area (Å²) in [7, 11) is 1.97. The summed E-state index contributed by atoms with van der Waals surface area (Å²) in [5.41, 5.74) is 0. The SMILES string of the molecule is CCCNC1CCN(c2ccn(C)n2)CC1. The first-order valence-corrected chi connectivity index (χ1v) is 6.27. The van der Waals surface area contributed by atoms with Crippen molar-refractivity contribution in [1.29, 1.82) is 0 Å². The lowest BCUT2D eigenvalue weighted by atomic mass is 10.1. The molecule has 0 aromatic carbocycles. The van der Waals surface area contributed by atoms with Gasteiger partial charge in [-0.25, -0.2) is 0 Å². The van der Waals surface area contributed by atoms with Gasteiger partial charge in [0, 0.05) is 38.4 Å². The van der Waals surface area contributed by atoms with Crippen LogP contribution in [0.5, 0.6) is 0 Å². The van der Waals surface area contributed by atoms with E-state index in [0.29, 0.717) is 6.04 Å². The number of aromatic nitrogens is 2. The number of anilines is 1. The van der Waals surface area contributed by atoms with Crippen LogP contribution in [-0.4, -0.2) is 35.5 Å². The van der Waals surface area contributed by atoms with Gasteiger partial charge in [0.15, 0.2) is 5.82 Å². The van der Waals surface area contributed by atoms with Crippen LogP contribution in [0.15, 0.2) is 12.3 Å². The van der Waals surface area contributed by atoms with Crippen LogP contribution >= 0.6 is 0 Å². The monoisotopic (exact) mass is 222 g/mol. The van der Waals surface area contributed by atoms with Gasteiger partial charge in [-0.15, -0.1) is 0 Å². The van der Waals surface area contributed by atoms with E-state index in [1.807, 2.05) is 17.9 Å². The van der Waals surface area contributed by atoms with Crippen molar-refractivity contribution in [2.24, 2.45) is 7.05 Å². The second-order valence-corrected chi connectivity index (χ2v) is 4.56. The molecule has 0 aliphatic carbocycles. The molecule has 1 aliphatic heterocycles. The number of rotatable bonds is 4. The maximum Gasteiger partial charge on any atom is 0.150 e. The van der Waals surface area contributed by atoms with Crippen LogP contribution in [0.4, 0.5) is 5.82 Å². The minimum atomic E-state index is 0.708. The van der Waals surface area contributed by atoms with Crippen LogP contribution in [0.1, 0.15) is 26.2 Å². The fraction of sp³-hybridized carbons (Fsp3) is 0.750. The predicted molar refractivity (Wildman–Crippen MR) is 66.7 cm³/mol. The topological polar surface area (TPSA) is 33.1 Å². The number of nitrogens with one attached hydrogen (secondary N) is 1. The van der Waals surface area contributed by atoms with Crippen molar-refractivity contribution in [3.63, 3.8) is 0 Å². The van der Waals surface area contributed by atoms with Crippen LogP contribution in [0.2, 0.25) is 0 Å². The Kier molecular flexibility index (Phi) is 3.83. The summed E-state index contributed by atoms with van der Waals surface area (Å²) in [6.07, 6.45) is 5.70. The molecule has 1 aliphatic rings. The van der Waals surface area contributed by atoms with Gasteiger partial charge in [-0.1, -0.05) is 6.92 Å². The highest BCUT2D eigenvalue weighted by atomic mass is 15.3. The summed E-state index contributed by atoms with van der Waals surface area (Å²) in [4.78, 5) is 2.38. The van der Waals surface area contributed by atoms with Crippen molar-refractivity contribution >= 4 is 5.82 Å². The van der Waals surface area contributed by atoms with E-state index in [4.69, 9.17) is 0 Å². The van der Waals surface area contributed by atoms with E-state index in [9.17, 15) is 0 Å². The molecule has 4 heteroatoms. The van der Waals surface area contributed by atoms with Gasteiger partial charge >= 0.3 is 0 Å². The molecular weight excluding hydrogens is 200 g/mol. The Labute approximate surface area is 97.6 Å². The third kappa shape index (κ3) is 2.76.